The highest BCUT2D eigenvalue weighted by Gasteiger charge is 2.35. The van der Waals surface area contributed by atoms with Crippen LogP contribution in [0, 0.1) is 12.7 Å². The second-order valence-corrected chi connectivity index (χ2v) is 6.69. The predicted octanol–water partition coefficient (Wildman–Crippen LogP) is 3.85. The van der Waals surface area contributed by atoms with E-state index in [-0.39, 0.29) is 41.7 Å². The number of methoxy groups -OCH3 is 2. The number of carbonyl (C=O) groups is 1. The molecule has 174 valence electrons. The Labute approximate surface area is 180 Å². The Morgan fingerprint density at radius 3 is 2.41 bits per heavy atom. The van der Waals surface area contributed by atoms with Gasteiger partial charge in [-0.2, -0.15) is 0 Å². The third kappa shape index (κ3) is 4.81. The Balaban J connectivity index is 2.09. The third-order valence-electron chi connectivity index (χ3n) is 4.67. The van der Waals surface area contributed by atoms with Crippen molar-refractivity contribution in [2.75, 3.05) is 32.8 Å². The molecule has 12 heteroatoms. The number of ether oxygens (including phenoxy) is 4. The van der Waals surface area contributed by atoms with Crippen molar-refractivity contribution in [1.29, 1.82) is 0 Å². The van der Waals surface area contributed by atoms with Crippen molar-refractivity contribution in [3.05, 3.63) is 52.2 Å². The molecule has 1 aliphatic heterocycles. The second kappa shape index (κ2) is 10.2. The lowest BCUT2D eigenvalue weighted by molar-refractivity contribution is -0.147. The number of halogens is 4. The molecule has 2 unspecified atom stereocenters. The summed E-state index contributed by atoms with van der Waals surface area (Å²) in [6.45, 7) is 1.81. The van der Waals surface area contributed by atoms with Crippen molar-refractivity contribution in [3.63, 3.8) is 0 Å². The number of nitrogens with zero attached hydrogens (tertiary/aromatic N) is 2. The quantitative estimate of drug-likeness (QED) is 0.362. The van der Waals surface area contributed by atoms with Crippen molar-refractivity contribution in [2.45, 2.75) is 32.0 Å². The summed E-state index contributed by atoms with van der Waals surface area (Å²) < 4.78 is 76.5. The van der Waals surface area contributed by atoms with Gasteiger partial charge in [0.25, 0.3) is 6.43 Å². The highest BCUT2D eigenvalue weighted by Crippen LogP contribution is 2.37. The summed E-state index contributed by atoms with van der Waals surface area (Å²) in [4.78, 5) is 20.0. The van der Waals surface area contributed by atoms with Crippen LogP contribution in [0.1, 0.15) is 53.3 Å². The molecule has 1 saturated heterocycles. The molecule has 0 aliphatic carbocycles. The van der Waals surface area contributed by atoms with Gasteiger partial charge >= 0.3 is 5.97 Å². The van der Waals surface area contributed by atoms with Crippen LogP contribution < -0.4 is 5.32 Å². The second-order valence-electron chi connectivity index (χ2n) is 6.69. The molecular weight excluding hydrogens is 438 g/mol. The van der Waals surface area contributed by atoms with Gasteiger partial charge in [0, 0.05) is 12.7 Å². The van der Waals surface area contributed by atoms with Crippen molar-refractivity contribution >= 4 is 11.8 Å². The monoisotopic (exact) mass is 459 g/mol. The van der Waals surface area contributed by atoms with Crippen LogP contribution in [0.2, 0.25) is 0 Å². The van der Waals surface area contributed by atoms with Crippen LogP contribution in [0.15, 0.2) is 18.2 Å². The molecule has 8 nitrogen and oxygen atoms in total. The van der Waals surface area contributed by atoms with Crippen LogP contribution in [0.25, 0.3) is 0 Å². The van der Waals surface area contributed by atoms with Crippen LogP contribution in [0.3, 0.4) is 0 Å². The van der Waals surface area contributed by atoms with E-state index in [1.165, 1.54) is 26.2 Å². The highest BCUT2D eigenvalue weighted by atomic mass is 19.3. The van der Waals surface area contributed by atoms with Crippen LogP contribution >= 0.6 is 0 Å². The Morgan fingerprint density at radius 2 is 1.81 bits per heavy atom. The molecule has 1 aromatic carbocycles. The van der Waals surface area contributed by atoms with E-state index in [0.29, 0.717) is 0 Å². The van der Waals surface area contributed by atoms with Crippen molar-refractivity contribution < 1.29 is 41.3 Å². The molecule has 32 heavy (non-hydrogen) atoms. The van der Waals surface area contributed by atoms with Crippen LogP contribution in [-0.2, 0) is 23.7 Å². The molecule has 1 fully saturated rings. The summed E-state index contributed by atoms with van der Waals surface area (Å²) in [6, 6.07) is 3.47. The van der Waals surface area contributed by atoms with Gasteiger partial charge in [-0.3, -0.25) is 0 Å². The molecule has 0 radical (unpaired) electrons. The summed E-state index contributed by atoms with van der Waals surface area (Å²) in [5, 5.41) is 2.75. The van der Waals surface area contributed by atoms with Gasteiger partial charge in [0.05, 0.1) is 31.5 Å². The van der Waals surface area contributed by atoms with E-state index in [9.17, 15) is 22.4 Å². The van der Waals surface area contributed by atoms with Crippen LogP contribution in [-0.4, -0.2) is 43.4 Å². The molecule has 1 aromatic heterocycles. The minimum absolute atomic E-state index is 0.0570. The number of carbonyl (C=O) groups excluding carboxylic acids is 1. The van der Waals surface area contributed by atoms with Crippen LogP contribution in [0.4, 0.5) is 23.4 Å². The molecular formula is C20H21F4N3O5. The summed E-state index contributed by atoms with van der Waals surface area (Å²) in [5.74, 6) is -2.39. The smallest absolute Gasteiger partial charge is 0.346 e. The van der Waals surface area contributed by atoms with Gasteiger partial charge in [-0.1, -0.05) is 18.2 Å². The maximum atomic E-state index is 14.9. The normalized spacial score (nSPS) is 16.2. The van der Waals surface area contributed by atoms with E-state index in [1.807, 2.05) is 0 Å². The topological polar surface area (TPSA) is 91.8 Å². The zero-order valence-corrected chi connectivity index (χ0v) is 17.4. The first-order valence-corrected chi connectivity index (χ1v) is 9.47. The van der Waals surface area contributed by atoms with Gasteiger partial charge in [-0.25, -0.2) is 32.3 Å². The highest BCUT2D eigenvalue weighted by molar-refractivity contribution is 5.76. The van der Waals surface area contributed by atoms with E-state index >= 15 is 0 Å². The van der Waals surface area contributed by atoms with Gasteiger partial charge in [0.1, 0.15) is 23.2 Å². The average Bonchev–Trinajstić information content (AvgIpc) is 3.30. The predicted molar refractivity (Wildman–Crippen MR) is 102 cm³/mol. The number of aromatic nitrogens is 2. The van der Waals surface area contributed by atoms with E-state index in [0.717, 1.165) is 13.2 Å². The lowest BCUT2D eigenvalue weighted by atomic mass is 10.1. The number of hydrogen-bond acceptors (Lipinski definition) is 8. The fourth-order valence-corrected chi connectivity index (χ4v) is 3.21. The third-order valence-corrected chi connectivity index (χ3v) is 4.67. The number of anilines is 1. The van der Waals surface area contributed by atoms with E-state index in [1.54, 1.807) is 0 Å². The molecule has 0 spiro atoms. The van der Waals surface area contributed by atoms with Crippen molar-refractivity contribution in [3.8, 4) is 0 Å². The molecule has 0 amide bonds. The van der Waals surface area contributed by atoms with E-state index < -0.39 is 42.5 Å². The van der Waals surface area contributed by atoms with Gasteiger partial charge in [-0.15, -0.1) is 0 Å². The number of alkyl halides is 3. The Hall–Kier alpha value is -2.83. The number of hydrogen-bond donors (Lipinski definition) is 1. The largest absolute Gasteiger partial charge is 0.467 e. The van der Waals surface area contributed by atoms with E-state index in [4.69, 9.17) is 14.2 Å². The first kappa shape index (κ1) is 23.8. The Morgan fingerprint density at radius 1 is 1.16 bits per heavy atom. The molecule has 2 heterocycles. The lowest BCUT2D eigenvalue weighted by Crippen LogP contribution is -2.22. The number of nitrogens with one attached hydrogen (secondary N) is 1. The molecule has 1 N–H and O–H groups in total. The lowest BCUT2D eigenvalue weighted by Gasteiger charge is -2.24. The summed E-state index contributed by atoms with van der Waals surface area (Å²) >= 11 is 0. The van der Waals surface area contributed by atoms with Gasteiger partial charge in [0.2, 0.25) is 6.17 Å². The molecule has 3 rings (SSSR count). The van der Waals surface area contributed by atoms with Gasteiger partial charge in [0.15, 0.2) is 12.5 Å². The van der Waals surface area contributed by atoms with E-state index in [2.05, 4.69) is 20.0 Å². The number of benzene rings is 1. The van der Waals surface area contributed by atoms with Crippen LogP contribution in [0.5, 0.6) is 0 Å². The maximum absolute atomic E-state index is 14.9. The number of rotatable bonds is 8. The fraction of sp³-hybridized carbons (Fsp3) is 0.450. The SMILES string of the molecule is COC(=O)C(F)c1nc(C)nc(NC(OC)c2cccc(C(F)F)c2F)c1C1OCCO1. The zero-order valence-electron chi connectivity index (χ0n) is 17.4. The first-order valence-electron chi connectivity index (χ1n) is 9.47. The zero-order chi connectivity index (χ0) is 23.4. The number of esters is 1. The van der Waals surface area contributed by atoms with Crippen molar-refractivity contribution in [2.24, 2.45) is 0 Å². The van der Waals surface area contributed by atoms with Gasteiger partial charge < -0.3 is 24.3 Å². The summed E-state index contributed by atoms with van der Waals surface area (Å²) in [7, 11) is 2.24. The minimum atomic E-state index is -3.04. The number of aryl methyl sites for hydroxylation is 1. The summed E-state index contributed by atoms with van der Waals surface area (Å²) in [5.41, 5.74) is -1.45. The average molecular weight is 459 g/mol. The molecule has 2 atom stereocenters. The van der Waals surface area contributed by atoms with Crippen molar-refractivity contribution in [1.82, 2.24) is 9.97 Å². The first-order chi connectivity index (χ1) is 15.3. The molecule has 0 bridgehead atoms. The maximum Gasteiger partial charge on any atom is 0.346 e. The molecule has 0 saturated carbocycles. The standard InChI is InChI=1S/C20H21F4N3O5/c1-9-25-15(14(22)19(28)30-3)12(20-31-7-8-32-20)17(26-9)27-18(29-2)11-6-4-5-10(13(11)21)16(23)24/h4-6,14,16,18,20H,7-8H2,1-3H3,(H,25,26,27). The summed E-state index contributed by atoms with van der Waals surface area (Å²) in [6.07, 6.45) is -7.76. The Bertz CT molecular complexity index is 972. The minimum Gasteiger partial charge on any atom is -0.467 e. The fourth-order valence-electron chi connectivity index (χ4n) is 3.21. The molecule has 1 aliphatic rings. The van der Waals surface area contributed by atoms with Gasteiger partial charge in [-0.05, 0) is 6.92 Å². The molecule has 2 aromatic rings. The Kier molecular flexibility index (Phi) is 7.59.